The first-order valence-electron chi connectivity index (χ1n) is 4.33. The standard InChI is InChI=1S/C11H11O.ClH.Zn/c1-8-7-10-5-3-4-6-11(10)12-9(8)2;;/h3-7H,1-2H3;1H;/q+1;;/p-1. The van der Waals surface area contributed by atoms with Gasteiger partial charge in [-0.1, -0.05) is 12.1 Å². The van der Waals surface area contributed by atoms with Gasteiger partial charge < -0.3 is 0 Å². The summed E-state index contributed by atoms with van der Waals surface area (Å²) < 4.78 is 5.59. The van der Waals surface area contributed by atoms with E-state index in [9.17, 15) is 0 Å². The van der Waals surface area contributed by atoms with Gasteiger partial charge in [-0.2, -0.15) is 0 Å². The zero-order chi connectivity index (χ0) is 10.6. The minimum atomic E-state index is 0.847. The topological polar surface area (TPSA) is 11.3 Å². The Kier molecular flexibility index (Phi) is 4.51. The summed E-state index contributed by atoms with van der Waals surface area (Å²) in [5.41, 5.74) is 2.16. The fraction of sp³-hybridized carbons (Fsp3) is 0.182. The quantitative estimate of drug-likeness (QED) is 0.514. The molecule has 1 heterocycles. The van der Waals surface area contributed by atoms with Crippen LogP contribution in [0.5, 0.6) is 0 Å². The Bertz CT molecular complexity index is 388. The van der Waals surface area contributed by atoms with E-state index in [1.807, 2.05) is 25.1 Å². The number of rotatable bonds is 0. The summed E-state index contributed by atoms with van der Waals surface area (Å²) in [5.74, 6) is 0.994. The van der Waals surface area contributed by atoms with Crippen molar-refractivity contribution in [2.45, 2.75) is 13.8 Å². The van der Waals surface area contributed by atoms with Crippen molar-refractivity contribution >= 4 is 20.7 Å². The first-order chi connectivity index (χ1) is 6.77. The van der Waals surface area contributed by atoms with Gasteiger partial charge in [0, 0.05) is 11.6 Å². The Morgan fingerprint density at radius 1 is 1.14 bits per heavy atom. The molecule has 3 heteroatoms. The number of hydrogen-bond donors (Lipinski definition) is 0. The van der Waals surface area contributed by atoms with E-state index >= 15 is 0 Å². The van der Waals surface area contributed by atoms with Crippen molar-refractivity contribution in [1.82, 2.24) is 0 Å². The van der Waals surface area contributed by atoms with E-state index in [0.717, 1.165) is 28.7 Å². The third-order valence-electron chi connectivity index (χ3n) is 2.11. The molecule has 0 amide bonds. The predicted molar refractivity (Wildman–Crippen MR) is 55.9 cm³/mol. The van der Waals surface area contributed by atoms with Gasteiger partial charge in [0.2, 0.25) is 0 Å². The van der Waals surface area contributed by atoms with Crippen molar-refractivity contribution in [3.63, 3.8) is 0 Å². The zero-order valence-corrected chi connectivity index (χ0v) is 12.1. The summed E-state index contributed by atoms with van der Waals surface area (Å²) in [4.78, 5) is 0. The van der Waals surface area contributed by atoms with E-state index in [1.165, 1.54) is 10.9 Å². The van der Waals surface area contributed by atoms with Crippen LogP contribution in [-0.4, -0.2) is 0 Å². The number of halogens is 1. The van der Waals surface area contributed by atoms with E-state index < -0.39 is 0 Å². The van der Waals surface area contributed by atoms with Crippen molar-refractivity contribution in [2.24, 2.45) is 0 Å². The Morgan fingerprint density at radius 2 is 1.79 bits per heavy atom. The molecule has 1 aromatic carbocycles. The SMILES string of the molecule is Cc1cc2ccccc2[o+]c1C.[Cl][Zn-]. The van der Waals surface area contributed by atoms with Crippen LogP contribution >= 0.6 is 9.69 Å². The summed E-state index contributed by atoms with van der Waals surface area (Å²) in [6.07, 6.45) is 0. The molecule has 0 fully saturated rings. The number of benzene rings is 1. The molecule has 0 aliphatic heterocycles. The van der Waals surface area contributed by atoms with Crippen molar-refractivity contribution in [1.29, 1.82) is 0 Å². The summed E-state index contributed by atoms with van der Waals surface area (Å²) in [6.45, 7) is 4.05. The normalized spacial score (nSPS) is 9.29. The Hall–Kier alpha value is -0.457. The van der Waals surface area contributed by atoms with Crippen LogP contribution in [-0.2, 0) is 17.3 Å². The van der Waals surface area contributed by atoms with Gasteiger partial charge in [-0.05, 0) is 19.1 Å². The van der Waals surface area contributed by atoms with Gasteiger partial charge >= 0.3 is 38.3 Å². The predicted octanol–water partition coefficient (Wildman–Crippen LogP) is 4.02. The van der Waals surface area contributed by atoms with Crippen LogP contribution in [0.2, 0.25) is 0 Å². The number of fused-ring (bicyclic) bond motifs is 1. The van der Waals surface area contributed by atoms with Crippen LogP contribution in [0.25, 0.3) is 11.0 Å². The van der Waals surface area contributed by atoms with Gasteiger partial charge in [-0.15, -0.1) is 0 Å². The Morgan fingerprint density at radius 3 is 2.50 bits per heavy atom. The second-order valence-corrected chi connectivity index (χ2v) is 3.02. The fourth-order valence-corrected chi connectivity index (χ4v) is 1.27. The zero-order valence-electron chi connectivity index (χ0n) is 8.38. The molecule has 0 unspecified atom stereocenters. The Balaban J connectivity index is 0.000000461. The second kappa shape index (κ2) is 5.43. The van der Waals surface area contributed by atoms with Crippen LogP contribution in [0, 0.1) is 13.8 Å². The van der Waals surface area contributed by atoms with Crippen LogP contribution in [0.15, 0.2) is 34.7 Å². The molecule has 1 nitrogen and oxygen atoms in total. The van der Waals surface area contributed by atoms with E-state index in [4.69, 9.17) is 14.1 Å². The van der Waals surface area contributed by atoms with Crippen molar-refractivity contribution in [2.75, 3.05) is 0 Å². The molecule has 0 N–H and O–H groups in total. The summed E-state index contributed by atoms with van der Waals surface area (Å²) in [5, 5.41) is 1.17. The van der Waals surface area contributed by atoms with Gasteiger partial charge in [-0.25, -0.2) is 4.42 Å². The molecule has 2 rings (SSSR count). The third kappa shape index (κ3) is 2.52. The van der Waals surface area contributed by atoms with Crippen LogP contribution < -0.4 is 0 Å². The molecule has 0 aliphatic rings. The van der Waals surface area contributed by atoms with Gasteiger partial charge in [0.15, 0.2) is 0 Å². The van der Waals surface area contributed by atoms with E-state index in [0.29, 0.717) is 0 Å². The van der Waals surface area contributed by atoms with Gasteiger partial charge in [-0.3, -0.25) is 0 Å². The van der Waals surface area contributed by atoms with Crippen molar-refractivity contribution in [3.05, 3.63) is 41.7 Å². The fourth-order valence-electron chi connectivity index (χ4n) is 1.27. The molecule has 0 spiro atoms. The summed E-state index contributed by atoms with van der Waals surface area (Å²) >= 11 is 0.847. The summed E-state index contributed by atoms with van der Waals surface area (Å²) in [7, 11) is 4.76. The maximum atomic E-state index is 5.59. The third-order valence-corrected chi connectivity index (χ3v) is 2.11. The minimum absolute atomic E-state index is 0.847. The second-order valence-electron chi connectivity index (χ2n) is 3.02. The molecular weight excluding hydrogens is 249 g/mol. The molecule has 0 aliphatic carbocycles. The molecule has 0 bridgehead atoms. The molecular formula is C11H11ClOZn. The number of para-hydroxylation sites is 1. The molecule has 0 saturated heterocycles. The molecule has 14 heavy (non-hydrogen) atoms. The monoisotopic (exact) mass is 258 g/mol. The van der Waals surface area contributed by atoms with Crippen molar-refractivity contribution < 1.29 is 21.7 Å². The van der Waals surface area contributed by atoms with Gasteiger partial charge in [0.25, 0.3) is 0 Å². The molecule has 0 radical (unpaired) electrons. The molecule has 70 valence electrons. The van der Waals surface area contributed by atoms with Crippen LogP contribution in [0.1, 0.15) is 11.3 Å². The van der Waals surface area contributed by atoms with Gasteiger partial charge in [0.05, 0.1) is 12.3 Å². The average Bonchev–Trinajstić information content (AvgIpc) is 2.23. The summed E-state index contributed by atoms with van der Waals surface area (Å²) in [6, 6.07) is 10.2. The van der Waals surface area contributed by atoms with E-state index in [1.54, 1.807) is 0 Å². The Labute approximate surface area is 97.8 Å². The van der Waals surface area contributed by atoms with Gasteiger partial charge in [0.1, 0.15) is 0 Å². The number of hydrogen-bond acceptors (Lipinski definition) is 0. The average molecular weight is 260 g/mol. The molecule has 0 saturated carbocycles. The first-order valence-corrected chi connectivity index (χ1v) is 8.23. The molecule has 2 aromatic rings. The van der Waals surface area contributed by atoms with Crippen LogP contribution in [0.4, 0.5) is 0 Å². The molecule has 1 aromatic heterocycles. The number of aryl methyl sites for hydroxylation is 2. The first kappa shape index (κ1) is 11.6. The van der Waals surface area contributed by atoms with E-state index in [2.05, 4.69) is 19.1 Å². The van der Waals surface area contributed by atoms with Crippen molar-refractivity contribution in [3.8, 4) is 0 Å². The molecule has 0 atom stereocenters. The van der Waals surface area contributed by atoms with Crippen LogP contribution in [0.3, 0.4) is 0 Å². The van der Waals surface area contributed by atoms with E-state index in [-0.39, 0.29) is 0 Å². The maximum absolute atomic E-state index is 5.59.